The van der Waals surface area contributed by atoms with Crippen molar-refractivity contribution >= 4 is 39.4 Å². The molecule has 2 aromatic heterocycles. The quantitative estimate of drug-likeness (QED) is 0.443. The number of hydrazone groups is 1. The Labute approximate surface area is 160 Å². The van der Waals surface area contributed by atoms with E-state index in [1.54, 1.807) is 18.5 Å². The zero-order valence-electron chi connectivity index (χ0n) is 14.7. The Balaban J connectivity index is 1.90. The Kier molecular flexibility index (Phi) is 5.85. The fraction of sp³-hybridized carbons (Fsp3) is 0.278. The van der Waals surface area contributed by atoms with Gasteiger partial charge in [0, 0.05) is 19.2 Å². The molecule has 0 saturated carbocycles. The molecule has 1 fully saturated rings. The molecule has 0 radical (unpaired) electrons. The van der Waals surface area contributed by atoms with Gasteiger partial charge in [-0.25, -0.2) is 4.98 Å². The van der Waals surface area contributed by atoms with E-state index in [0.717, 1.165) is 40.2 Å². The van der Waals surface area contributed by atoms with Crippen LogP contribution >= 0.6 is 15.9 Å². The highest BCUT2D eigenvalue weighted by Crippen LogP contribution is 2.25. The molecule has 0 atom stereocenters. The van der Waals surface area contributed by atoms with Crippen molar-refractivity contribution in [3.05, 3.63) is 53.2 Å². The number of morpholine rings is 1. The van der Waals surface area contributed by atoms with Gasteiger partial charge in [-0.3, -0.25) is 5.43 Å². The van der Waals surface area contributed by atoms with Crippen LogP contribution in [-0.4, -0.2) is 47.1 Å². The molecule has 8 heteroatoms. The highest BCUT2D eigenvalue weighted by Gasteiger charge is 2.17. The third kappa shape index (κ3) is 4.20. The van der Waals surface area contributed by atoms with E-state index in [9.17, 15) is 0 Å². The zero-order chi connectivity index (χ0) is 18.5. The molecule has 3 heterocycles. The minimum atomic E-state index is 0.634. The summed E-state index contributed by atoms with van der Waals surface area (Å²) in [5.41, 5.74) is 5.52. The van der Waals surface area contributed by atoms with Crippen LogP contribution in [0.3, 0.4) is 0 Å². The summed E-state index contributed by atoms with van der Waals surface area (Å²) >= 11 is 3.50. The van der Waals surface area contributed by atoms with Crippen LogP contribution in [0.4, 0.5) is 11.6 Å². The van der Waals surface area contributed by atoms with Crippen LogP contribution in [0.1, 0.15) is 6.92 Å². The molecule has 0 bridgehead atoms. The van der Waals surface area contributed by atoms with Gasteiger partial charge in [0.25, 0.3) is 0 Å². The predicted molar refractivity (Wildman–Crippen MR) is 109 cm³/mol. The molecule has 136 valence electrons. The van der Waals surface area contributed by atoms with Gasteiger partial charge < -0.3 is 9.64 Å². The van der Waals surface area contributed by atoms with Crippen molar-refractivity contribution in [2.24, 2.45) is 5.10 Å². The summed E-state index contributed by atoms with van der Waals surface area (Å²) in [6.07, 6.45) is 7.06. The third-order valence-corrected chi connectivity index (χ3v) is 4.35. The predicted octanol–water partition coefficient (Wildman–Crippen LogP) is 3.41. The molecule has 1 N–H and O–H groups in total. The Morgan fingerprint density at radius 2 is 2.19 bits per heavy atom. The van der Waals surface area contributed by atoms with Gasteiger partial charge in [0.15, 0.2) is 11.5 Å². The van der Waals surface area contributed by atoms with Crippen LogP contribution in [0.15, 0.2) is 58.3 Å². The molecule has 7 nitrogen and oxygen atoms in total. The first-order chi connectivity index (χ1) is 12.6. The number of rotatable bonds is 6. The first kappa shape index (κ1) is 18.3. The number of ether oxygens (including phenoxy) is 1. The van der Waals surface area contributed by atoms with Crippen LogP contribution in [0.25, 0.3) is 5.65 Å². The van der Waals surface area contributed by atoms with Crippen molar-refractivity contribution in [1.29, 1.82) is 0 Å². The Hall–Kier alpha value is -2.45. The summed E-state index contributed by atoms with van der Waals surface area (Å²) in [6, 6.07) is 1.94. The second-order valence-electron chi connectivity index (χ2n) is 5.89. The van der Waals surface area contributed by atoms with Crippen LogP contribution in [-0.2, 0) is 4.74 Å². The number of allylic oxidation sites excluding steroid dienone is 4. The SMILES string of the molecule is C=CC(/C=N/Nc1cc(N2CCOCC2)n2ncc(Br)c2n1)=C\C(=C)C. The van der Waals surface area contributed by atoms with E-state index < -0.39 is 0 Å². The maximum atomic E-state index is 5.45. The fourth-order valence-electron chi connectivity index (χ4n) is 2.60. The van der Waals surface area contributed by atoms with Crippen LogP contribution in [0.5, 0.6) is 0 Å². The molecular weight excluding hydrogens is 396 g/mol. The van der Waals surface area contributed by atoms with Crippen molar-refractivity contribution in [1.82, 2.24) is 14.6 Å². The Morgan fingerprint density at radius 1 is 1.42 bits per heavy atom. The maximum Gasteiger partial charge on any atom is 0.173 e. The van der Waals surface area contributed by atoms with Crippen LogP contribution < -0.4 is 10.3 Å². The lowest BCUT2D eigenvalue weighted by atomic mass is 10.2. The number of hydrogen-bond acceptors (Lipinski definition) is 6. The molecule has 0 amide bonds. The van der Waals surface area contributed by atoms with E-state index in [1.165, 1.54) is 0 Å². The molecular formula is C18H21BrN6O. The van der Waals surface area contributed by atoms with Gasteiger partial charge in [-0.15, -0.1) is 0 Å². The number of halogens is 1. The minimum absolute atomic E-state index is 0.634. The second-order valence-corrected chi connectivity index (χ2v) is 6.75. The van der Waals surface area contributed by atoms with Crippen LogP contribution in [0.2, 0.25) is 0 Å². The van der Waals surface area contributed by atoms with E-state index in [1.807, 2.05) is 23.6 Å². The average Bonchev–Trinajstić information content (AvgIpc) is 3.02. The largest absolute Gasteiger partial charge is 0.378 e. The van der Waals surface area contributed by atoms with Crippen molar-refractivity contribution < 1.29 is 4.74 Å². The van der Waals surface area contributed by atoms with Crippen molar-refractivity contribution in [3.8, 4) is 0 Å². The average molecular weight is 417 g/mol. The summed E-state index contributed by atoms with van der Waals surface area (Å²) in [5, 5.41) is 8.68. The molecule has 1 aliphatic rings. The zero-order valence-corrected chi connectivity index (χ0v) is 16.2. The van der Waals surface area contributed by atoms with E-state index in [4.69, 9.17) is 4.74 Å². The smallest absolute Gasteiger partial charge is 0.173 e. The highest BCUT2D eigenvalue weighted by molar-refractivity contribution is 9.10. The van der Waals surface area contributed by atoms with E-state index in [-0.39, 0.29) is 0 Å². The van der Waals surface area contributed by atoms with Crippen molar-refractivity contribution in [2.75, 3.05) is 36.6 Å². The normalized spacial score (nSPS) is 15.6. The molecule has 2 aromatic rings. The second kappa shape index (κ2) is 8.29. The number of hydrogen-bond donors (Lipinski definition) is 1. The Morgan fingerprint density at radius 3 is 2.88 bits per heavy atom. The fourth-order valence-corrected chi connectivity index (χ4v) is 2.95. The molecule has 0 aliphatic carbocycles. The standard InChI is InChI=1S/C18H21BrN6O/c1-4-14(9-13(2)3)11-20-23-16-10-17(24-5-7-26-8-6-24)25-18(22-16)15(19)12-21-25/h4,9-12H,1-2,5-8H2,3H3,(H,22,23)/b14-9+,20-11+. The highest BCUT2D eigenvalue weighted by atomic mass is 79.9. The van der Waals surface area contributed by atoms with Crippen LogP contribution in [0, 0.1) is 0 Å². The summed E-state index contributed by atoms with van der Waals surface area (Å²) in [7, 11) is 0. The molecule has 0 spiro atoms. The summed E-state index contributed by atoms with van der Waals surface area (Å²) in [4.78, 5) is 6.81. The summed E-state index contributed by atoms with van der Waals surface area (Å²) in [5.74, 6) is 1.58. The molecule has 1 saturated heterocycles. The summed E-state index contributed by atoms with van der Waals surface area (Å²) in [6.45, 7) is 12.6. The van der Waals surface area contributed by atoms with Gasteiger partial charge in [-0.05, 0) is 28.4 Å². The van der Waals surface area contributed by atoms with Gasteiger partial charge in [-0.2, -0.15) is 14.7 Å². The van der Waals surface area contributed by atoms with Gasteiger partial charge in [0.2, 0.25) is 0 Å². The van der Waals surface area contributed by atoms with Gasteiger partial charge in [0.1, 0.15) is 5.82 Å². The molecule has 3 rings (SSSR count). The van der Waals surface area contributed by atoms with E-state index >= 15 is 0 Å². The summed E-state index contributed by atoms with van der Waals surface area (Å²) < 4.78 is 8.09. The van der Waals surface area contributed by atoms with Gasteiger partial charge >= 0.3 is 0 Å². The lowest BCUT2D eigenvalue weighted by Gasteiger charge is -2.29. The Bertz CT molecular complexity index is 879. The molecule has 1 aliphatic heterocycles. The van der Waals surface area contributed by atoms with E-state index in [0.29, 0.717) is 19.0 Å². The number of aromatic nitrogens is 3. The molecule has 0 aromatic carbocycles. The molecule has 26 heavy (non-hydrogen) atoms. The maximum absolute atomic E-state index is 5.45. The number of nitrogens with one attached hydrogen (secondary N) is 1. The van der Waals surface area contributed by atoms with Gasteiger partial charge in [-0.1, -0.05) is 30.9 Å². The van der Waals surface area contributed by atoms with Crippen molar-refractivity contribution in [3.63, 3.8) is 0 Å². The van der Waals surface area contributed by atoms with Gasteiger partial charge in [0.05, 0.1) is 30.1 Å². The minimum Gasteiger partial charge on any atom is -0.378 e. The number of anilines is 2. The van der Waals surface area contributed by atoms with E-state index in [2.05, 4.69) is 54.6 Å². The first-order valence-corrected chi connectivity index (χ1v) is 9.03. The molecule has 0 unspecified atom stereocenters. The topological polar surface area (TPSA) is 67.0 Å². The number of nitrogens with zero attached hydrogens (tertiary/aromatic N) is 5. The third-order valence-electron chi connectivity index (χ3n) is 3.79. The van der Waals surface area contributed by atoms with Crippen molar-refractivity contribution in [2.45, 2.75) is 6.92 Å². The lowest BCUT2D eigenvalue weighted by molar-refractivity contribution is 0.122. The lowest BCUT2D eigenvalue weighted by Crippen LogP contribution is -2.37. The number of fused-ring (bicyclic) bond motifs is 1. The monoisotopic (exact) mass is 416 g/mol. The first-order valence-electron chi connectivity index (χ1n) is 8.24.